The summed E-state index contributed by atoms with van der Waals surface area (Å²) in [4.78, 5) is 37.1. The number of hydrogen-bond donors (Lipinski definition) is 3. The summed E-state index contributed by atoms with van der Waals surface area (Å²) in [5.41, 5.74) is 0. The molecule has 1 aromatic carbocycles. The number of thioether (sulfide) groups is 1. The van der Waals surface area contributed by atoms with Crippen molar-refractivity contribution in [3.8, 4) is 5.75 Å². The number of para-hydroxylation sites is 1. The molecule has 192 valence electrons. The van der Waals surface area contributed by atoms with Crippen LogP contribution in [-0.4, -0.2) is 74.4 Å². The van der Waals surface area contributed by atoms with Crippen LogP contribution in [0.1, 0.15) is 27.2 Å². The van der Waals surface area contributed by atoms with Gasteiger partial charge >= 0.3 is 13.7 Å². The van der Waals surface area contributed by atoms with E-state index in [9.17, 15) is 29.2 Å². The molecule has 1 amide bonds. The molecular weight excluding hydrogens is 499 g/mol. The van der Waals surface area contributed by atoms with Gasteiger partial charge < -0.3 is 24.4 Å². The molecule has 3 rings (SSSR count). The predicted molar refractivity (Wildman–Crippen MR) is 127 cm³/mol. The van der Waals surface area contributed by atoms with Gasteiger partial charge in [0.2, 0.25) is 5.91 Å². The molecule has 0 aliphatic carbocycles. The predicted octanol–water partition coefficient (Wildman–Crippen LogP) is 1.60. The topological polar surface area (TPSA) is 152 Å². The summed E-state index contributed by atoms with van der Waals surface area (Å²) in [5, 5.41) is 22.0. The van der Waals surface area contributed by atoms with Crippen molar-refractivity contribution in [2.75, 3.05) is 6.61 Å². The summed E-state index contributed by atoms with van der Waals surface area (Å²) < 4.78 is 29.9. The minimum absolute atomic E-state index is 0.221. The van der Waals surface area contributed by atoms with Crippen molar-refractivity contribution in [2.45, 2.75) is 62.2 Å². The highest BCUT2D eigenvalue weighted by Gasteiger charge is 2.47. The fourth-order valence-electron chi connectivity index (χ4n) is 3.38. The molecule has 1 aromatic rings. The number of esters is 1. The Labute approximate surface area is 207 Å². The first kappa shape index (κ1) is 27.4. The van der Waals surface area contributed by atoms with Gasteiger partial charge in [-0.3, -0.25) is 18.9 Å². The van der Waals surface area contributed by atoms with Crippen molar-refractivity contribution in [1.82, 2.24) is 9.99 Å². The number of aliphatic hydroxyl groups is 2. The number of allylic oxidation sites excluding steroid dienone is 1. The van der Waals surface area contributed by atoms with E-state index in [1.165, 1.54) is 24.1 Å². The Bertz CT molecular complexity index is 1010. The molecule has 0 aromatic heterocycles. The number of carbonyl (C=O) groups excluding carboxylic acids is 3. The van der Waals surface area contributed by atoms with E-state index in [1.54, 1.807) is 44.2 Å². The largest absolute Gasteiger partial charge is 0.462 e. The summed E-state index contributed by atoms with van der Waals surface area (Å²) >= 11 is 1.04. The van der Waals surface area contributed by atoms with Gasteiger partial charge in [0.15, 0.2) is 5.78 Å². The van der Waals surface area contributed by atoms with Gasteiger partial charge in [0, 0.05) is 6.20 Å². The molecule has 1 saturated heterocycles. The van der Waals surface area contributed by atoms with Crippen molar-refractivity contribution in [1.29, 1.82) is 0 Å². The van der Waals surface area contributed by atoms with Gasteiger partial charge in [-0.15, -0.1) is 11.8 Å². The Hall–Kier alpha value is -2.21. The molecule has 6 atom stereocenters. The molecule has 1 fully saturated rings. The highest BCUT2D eigenvalue weighted by Crippen LogP contribution is 2.47. The maximum absolute atomic E-state index is 13.6. The summed E-state index contributed by atoms with van der Waals surface area (Å²) in [6, 6.07) is 7.15. The van der Waals surface area contributed by atoms with Crippen molar-refractivity contribution < 1.29 is 42.9 Å². The lowest BCUT2D eigenvalue weighted by molar-refractivity contribution is -0.149. The number of carbonyl (C=O) groups is 3. The van der Waals surface area contributed by atoms with Crippen LogP contribution < -0.4 is 9.61 Å². The highest BCUT2D eigenvalue weighted by atomic mass is 32.2. The van der Waals surface area contributed by atoms with Gasteiger partial charge in [0.25, 0.3) is 0 Å². The molecule has 0 spiro atoms. The van der Waals surface area contributed by atoms with E-state index < -0.39 is 48.5 Å². The average Bonchev–Trinajstić information content (AvgIpc) is 3.06. The molecule has 35 heavy (non-hydrogen) atoms. The molecule has 13 heteroatoms. The third kappa shape index (κ3) is 7.16. The molecule has 11 nitrogen and oxygen atoms in total. The van der Waals surface area contributed by atoms with Gasteiger partial charge in [-0.2, -0.15) is 5.09 Å². The smallest absolute Gasteiger partial charge is 0.459 e. The summed E-state index contributed by atoms with van der Waals surface area (Å²) in [6.45, 7) is 4.47. The number of ketones is 1. The molecule has 0 bridgehead atoms. The first-order valence-electron chi connectivity index (χ1n) is 11.0. The number of hydrogen-bond acceptors (Lipinski definition) is 10. The SMILES string of the molecule is CC(C)OC(=O)[C@@H](C)N[P@](=O)(OC[C@H]1S[C@@H](N2C=CC(=O)CC2=O)[C@H](O)[C@@H]1O)Oc1ccccc1. The molecule has 3 N–H and O–H groups in total. The fourth-order valence-corrected chi connectivity index (χ4v) is 6.46. The van der Waals surface area contributed by atoms with Crippen LogP contribution in [0, 0.1) is 0 Å². The molecule has 0 saturated carbocycles. The third-order valence-electron chi connectivity index (χ3n) is 5.08. The van der Waals surface area contributed by atoms with E-state index in [4.69, 9.17) is 13.8 Å². The lowest BCUT2D eigenvalue weighted by Gasteiger charge is -2.29. The van der Waals surface area contributed by atoms with Crippen LogP contribution in [0.3, 0.4) is 0 Å². The van der Waals surface area contributed by atoms with E-state index in [2.05, 4.69) is 5.09 Å². The standard InChI is InChI=1S/C22H29N2O9PS/c1-13(2)32-22(29)14(3)23-34(30,33-16-7-5-4-6-8-16)31-12-17-19(27)20(28)21(35-17)24-10-9-15(25)11-18(24)26/h4-10,13-14,17,19-21,27-28H,11-12H2,1-3H3,(H,23,30)/t14-,17-,19-,20-,21-,34+/m1/s1. The second kappa shape index (κ2) is 11.7. The van der Waals surface area contributed by atoms with Crippen LogP contribution in [0.15, 0.2) is 42.6 Å². The zero-order valence-electron chi connectivity index (χ0n) is 19.5. The first-order chi connectivity index (χ1) is 16.5. The van der Waals surface area contributed by atoms with Crippen LogP contribution in [-0.2, 0) is 28.2 Å². The van der Waals surface area contributed by atoms with Crippen LogP contribution >= 0.6 is 19.5 Å². The summed E-state index contributed by atoms with van der Waals surface area (Å²) in [7, 11) is -4.16. The Morgan fingerprint density at radius 1 is 1.20 bits per heavy atom. The fraction of sp³-hybridized carbons (Fsp3) is 0.500. The maximum Gasteiger partial charge on any atom is 0.459 e. The minimum Gasteiger partial charge on any atom is -0.462 e. The normalized spacial score (nSPS) is 27.1. The van der Waals surface area contributed by atoms with E-state index in [0.29, 0.717) is 0 Å². The number of amides is 1. The molecule has 0 radical (unpaired) electrons. The molecule has 0 unspecified atom stereocenters. The Balaban J connectivity index is 1.72. The summed E-state index contributed by atoms with van der Waals surface area (Å²) in [6.07, 6.45) is -0.861. The van der Waals surface area contributed by atoms with Gasteiger partial charge in [-0.25, -0.2) is 4.57 Å². The first-order valence-corrected chi connectivity index (χ1v) is 13.5. The second-order valence-corrected chi connectivity index (χ2v) is 11.4. The van der Waals surface area contributed by atoms with Gasteiger partial charge in [-0.1, -0.05) is 18.2 Å². The monoisotopic (exact) mass is 528 g/mol. The van der Waals surface area contributed by atoms with Crippen LogP contribution in [0.4, 0.5) is 0 Å². The highest BCUT2D eigenvalue weighted by molar-refractivity contribution is 8.00. The number of nitrogens with one attached hydrogen (secondary N) is 1. The Morgan fingerprint density at radius 3 is 2.51 bits per heavy atom. The van der Waals surface area contributed by atoms with Gasteiger partial charge in [0.1, 0.15) is 23.3 Å². The van der Waals surface area contributed by atoms with E-state index in [-0.39, 0.29) is 30.7 Å². The maximum atomic E-state index is 13.6. The lowest BCUT2D eigenvalue weighted by atomic mass is 10.1. The van der Waals surface area contributed by atoms with Crippen LogP contribution in [0.5, 0.6) is 5.75 Å². The number of rotatable bonds is 10. The molecule has 2 aliphatic heterocycles. The minimum atomic E-state index is -4.16. The second-order valence-electron chi connectivity index (χ2n) is 8.34. The zero-order chi connectivity index (χ0) is 25.8. The molecule has 2 heterocycles. The number of benzene rings is 1. The zero-order valence-corrected chi connectivity index (χ0v) is 21.2. The van der Waals surface area contributed by atoms with Crippen molar-refractivity contribution in [3.05, 3.63) is 42.6 Å². The van der Waals surface area contributed by atoms with E-state index in [1.807, 2.05) is 0 Å². The third-order valence-corrected chi connectivity index (χ3v) is 8.27. The van der Waals surface area contributed by atoms with Crippen LogP contribution in [0.2, 0.25) is 0 Å². The van der Waals surface area contributed by atoms with Gasteiger partial charge in [0.05, 0.1) is 30.5 Å². The average molecular weight is 529 g/mol. The molecule has 2 aliphatic rings. The van der Waals surface area contributed by atoms with E-state index in [0.717, 1.165) is 11.8 Å². The summed E-state index contributed by atoms with van der Waals surface area (Å²) in [5.74, 6) is -1.28. The quantitative estimate of drug-likeness (QED) is 0.231. The van der Waals surface area contributed by atoms with Gasteiger partial charge in [-0.05, 0) is 39.0 Å². The van der Waals surface area contributed by atoms with Crippen molar-refractivity contribution in [3.63, 3.8) is 0 Å². The van der Waals surface area contributed by atoms with Crippen molar-refractivity contribution in [2.24, 2.45) is 0 Å². The van der Waals surface area contributed by atoms with Crippen molar-refractivity contribution >= 4 is 37.2 Å². The van der Waals surface area contributed by atoms with E-state index >= 15 is 0 Å². The number of nitrogens with zero attached hydrogens (tertiary/aromatic N) is 1. The number of aliphatic hydroxyl groups excluding tert-OH is 2. The number of ether oxygens (including phenoxy) is 1. The van der Waals surface area contributed by atoms with Crippen LogP contribution in [0.25, 0.3) is 0 Å². The molecular formula is C22H29N2O9PS. The Kier molecular flexibility index (Phi) is 9.14. The Morgan fingerprint density at radius 2 is 1.89 bits per heavy atom. The lowest BCUT2D eigenvalue weighted by Crippen LogP contribution is -2.44.